The maximum absolute atomic E-state index is 13.7. The van der Waals surface area contributed by atoms with Gasteiger partial charge in [0.1, 0.15) is 5.82 Å². The van der Waals surface area contributed by atoms with E-state index < -0.39 is 0 Å². The SMILES string of the molecule is CC(C)(C)CC(=O)N1CCc2cccc(F)c21. The van der Waals surface area contributed by atoms with E-state index in [0.29, 0.717) is 18.7 Å². The van der Waals surface area contributed by atoms with Crippen LogP contribution in [0.2, 0.25) is 0 Å². The van der Waals surface area contributed by atoms with Gasteiger partial charge in [0.25, 0.3) is 0 Å². The molecule has 3 heteroatoms. The minimum atomic E-state index is -0.290. The van der Waals surface area contributed by atoms with Gasteiger partial charge in [0.15, 0.2) is 0 Å². The first kappa shape index (κ1) is 12.1. The molecule has 1 aromatic rings. The lowest BCUT2D eigenvalue weighted by Gasteiger charge is -2.23. The van der Waals surface area contributed by atoms with Crippen molar-refractivity contribution in [2.45, 2.75) is 33.6 Å². The Kier molecular flexibility index (Phi) is 2.94. The summed E-state index contributed by atoms with van der Waals surface area (Å²) in [6, 6.07) is 5.01. The zero-order valence-corrected chi connectivity index (χ0v) is 10.6. The summed E-state index contributed by atoms with van der Waals surface area (Å²) < 4.78 is 13.7. The number of carbonyl (C=O) groups is 1. The van der Waals surface area contributed by atoms with Crippen LogP contribution in [0.25, 0.3) is 0 Å². The average Bonchev–Trinajstić information content (AvgIpc) is 2.60. The number of halogens is 1. The molecule has 2 nitrogen and oxygen atoms in total. The molecule has 1 aliphatic heterocycles. The molecule has 0 aromatic heterocycles. The second kappa shape index (κ2) is 4.13. The normalized spacial score (nSPS) is 14.9. The third-order valence-corrected chi connectivity index (χ3v) is 2.93. The molecule has 0 bridgehead atoms. The van der Waals surface area contributed by atoms with Crippen molar-refractivity contribution in [2.24, 2.45) is 5.41 Å². The van der Waals surface area contributed by atoms with E-state index in [0.717, 1.165) is 12.0 Å². The summed E-state index contributed by atoms with van der Waals surface area (Å²) in [6.07, 6.45) is 1.20. The minimum absolute atomic E-state index is 0.0151. The van der Waals surface area contributed by atoms with E-state index in [1.807, 2.05) is 26.8 Å². The molecule has 0 spiro atoms. The predicted molar refractivity (Wildman–Crippen MR) is 66.5 cm³/mol. The summed E-state index contributed by atoms with van der Waals surface area (Å²) >= 11 is 0. The Labute approximate surface area is 101 Å². The number of hydrogen-bond acceptors (Lipinski definition) is 1. The van der Waals surface area contributed by atoms with E-state index in [9.17, 15) is 9.18 Å². The van der Waals surface area contributed by atoms with Gasteiger partial charge < -0.3 is 4.90 Å². The number of nitrogens with zero attached hydrogens (tertiary/aromatic N) is 1. The highest BCUT2D eigenvalue weighted by Gasteiger charge is 2.29. The van der Waals surface area contributed by atoms with E-state index >= 15 is 0 Å². The van der Waals surface area contributed by atoms with Crippen LogP contribution in [-0.2, 0) is 11.2 Å². The number of para-hydroxylation sites is 1. The quantitative estimate of drug-likeness (QED) is 0.732. The van der Waals surface area contributed by atoms with Gasteiger partial charge in [-0.3, -0.25) is 4.79 Å². The number of carbonyl (C=O) groups excluding carboxylic acids is 1. The van der Waals surface area contributed by atoms with Crippen molar-refractivity contribution >= 4 is 11.6 Å². The van der Waals surface area contributed by atoms with Crippen molar-refractivity contribution in [3.8, 4) is 0 Å². The van der Waals surface area contributed by atoms with Gasteiger partial charge in [0.2, 0.25) is 5.91 Å². The smallest absolute Gasteiger partial charge is 0.227 e. The zero-order chi connectivity index (χ0) is 12.6. The number of anilines is 1. The molecule has 0 saturated heterocycles. The number of rotatable bonds is 1. The largest absolute Gasteiger partial charge is 0.309 e. The van der Waals surface area contributed by atoms with Crippen LogP contribution in [0.5, 0.6) is 0 Å². The summed E-state index contributed by atoms with van der Waals surface area (Å²) in [4.78, 5) is 13.7. The van der Waals surface area contributed by atoms with Crippen molar-refractivity contribution in [1.29, 1.82) is 0 Å². The van der Waals surface area contributed by atoms with Crippen molar-refractivity contribution < 1.29 is 9.18 Å². The van der Waals surface area contributed by atoms with Crippen LogP contribution in [0, 0.1) is 11.2 Å². The van der Waals surface area contributed by atoms with Crippen LogP contribution < -0.4 is 4.90 Å². The Morgan fingerprint density at radius 3 is 2.76 bits per heavy atom. The van der Waals surface area contributed by atoms with Crippen molar-refractivity contribution in [1.82, 2.24) is 0 Å². The van der Waals surface area contributed by atoms with Gasteiger partial charge in [0, 0.05) is 13.0 Å². The molecule has 1 heterocycles. The molecule has 2 rings (SSSR count). The van der Waals surface area contributed by atoms with Crippen LogP contribution in [0.3, 0.4) is 0 Å². The van der Waals surface area contributed by atoms with E-state index in [2.05, 4.69) is 0 Å². The maximum Gasteiger partial charge on any atom is 0.227 e. The van der Waals surface area contributed by atoms with Crippen LogP contribution >= 0.6 is 0 Å². The number of fused-ring (bicyclic) bond motifs is 1. The lowest BCUT2D eigenvalue weighted by atomic mass is 9.91. The molecule has 92 valence electrons. The van der Waals surface area contributed by atoms with Gasteiger partial charge >= 0.3 is 0 Å². The molecule has 1 aromatic carbocycles. The number of hydrogen-bond donors (Lipinski definition) is 0. The fraction of sp³-hybridized carbons (Fsp3) is 0.500. The van der Waals surface area contributed by atoms with E-state index in [1.54, 1.807) is 11.0 Å². The molecule has 0 saturated carbocycles. The third-order valence-electron chi connectivity index (χ3n) is 2.93. The van der Waals surface area contributed by atoms with E-state index in [4.69, 9.17) is 0 Å². The molecule has 0 N–H and O–H groups in total. The Balaban J connectivity index is 2.25. The molecule has 0 fully saturated rings. The van der Waals surface area contributed by atoms with Crippen molar-refractivity contribution in [3.05, 3.63) is 29.6 Å². The first-order valence-electron chi connectivity index (χ1n) is 5.96. The Hall–Kier alpha value is -1.38. The third kappa shape index (κ3) is 2.48. The molecular formula is C14H18FNO. The first-order chi connectivity index (χ1) is 7.88. The molecule has 1 aliphatic rings. The Morgan fingerprint density at radius 1 is 1.41 bits per heavy atom. The summed E-state index contributed by atoms with van der Waals surface area (Å²) in [6.45, 7) is 6.65. The highest BCUT2D eigenvalue weighted by molar-refractivity contribution is 5.95. The van der Waals surface area contributed by atoms with Crippen LogP contribution in [0.1, 0.15) is 32.8 Å². The number of amides is 1. The molecule has 0 radical (unpaired) electrons. The van der Waals surface area contributed by atoms with Crippen molar-refractivity contribution in [3.63, 3.8) is 0 Å². The zero-order valence-electron chi connectivity index (χ0n) is 10.6. The molecule has 17 heavy (non-hydrogen) atoms. The summed E-state index contributed by atoms with van der Waals surface area (Å²) in [5, 5.41) is 0. The van der Waals surface area contributed by atoms with Gasteiger partial charge in [-0.1, -0.05) is 32.9 Å². The van der Waals surface area contributed by atoms with E-state index in [-0.39, 0.29) is 17.1 Å². The van der Waals surface area contributed by atoms with Gasteiger partial charge in [-0.15, -0.1) is 0 Å². The van der Waals surface area contributed by atoms with Gasteiger partial charge in [-0.2, -0.15) is 0 Å². The Bertz CT molecular complexity index is 448. The maximum atomic E-state index is 13.7. The van der Waals surface area contributed by atoms with Crippen LogP contribution in [0.4, 0.5) is 10.1 Å². The first-order valence-corrected chi connectivity index (χ1v) is 5.96. The predicted octanol–water partition coefficient (Wildman–Crippen LogP) is 3.15. The van der Waals surface area contributed by atoms with Crippen molar-refractivity contribution in [2.75, 3.05) is 11.4 Å². The monoisotopic (exact) mass is 235 g/mol. The fourth-order valence-electron chi connectivity index (χ4n) is 2.21. The fourth-order valence-corrected chi connectivity index (χ4v) is 2.21. The highest BCUT2D eigenvalue weighted by atomic mass is 19.1. The second-order valence-electron chi connectivity index (χ2n) is 5.78. The van der Waals surface area contributed by atoms with Crippen LogP contribution in [-0.4, -0.2) is 12.5 Å². The molecule has 0 aliphatic carbocycles. The second-order valence-corrected chi connectivity index (χ2v) is 5.78. The minimum Gasteiger partial charge on any atom is -0.309 e. The summed E-state index contributed by atoms with van der Waals surface area (Å²) in [7, 11) is 0. The van der Waals surface area contributed by atoms with Gasteiger partial charge in [-0.05, 0) is 23.5 Å². The summed E-state index contributed by atoms with van der Waals surface area (Å²) in [5.74, 6) is -0.274. The number of benzene rings is 1. The van der Waals surface area contributed by atoms with Gasteiger partial charge in [0.05, 0.1) is 5.69 Å². The highest BCUT2D eigenvalue weighted by Crippen LogP contribution is 2.32. The lowest BCUT2D eigenvalue weighted by molar-refractivity contribution is -0.120. The summed E-state index contributed by atoms with van der Waals surface area (Å²) in [5.41, 5.74) is 1.36. The molecule has 0 unspecified atom stereocenters. The standard InChI is InChI=1S/C14H18FNO/c1-14(2,3)9-12(17)16-8-7-10-5-4-6-11(15)13(10)16/h4-6H,7-9H2,1-3H3. The Morgan fingerprint density at radius 2 is 2.12 bits per heavy atom. The van der Waals surface area contributed by atoms with Gasteiger partial charge in [-0.25, -0.2) is 4.39 Å². The molecule has 1 amide bonds. The van der Waals surface area contributed by atoms with Crippen LogP contribution in [0.15, 0.2) is 18.2 Å². The molecular weight excluding hydrogens is 217 g/mol. The average molecular weight is 235 g/mol. The lowest BCUT2D eigenvalue weighted by Crippen LogP contribution is -2.32. The topological polar surface area (TPSA) is 20.3 Å². The van der Waals surface area contributed by atoms with E-state index in [1.165, 1.54) is 6.07 Å². The molecule has 0 atom stereocenters.